The van der Waals surface area contributed by atoms with E-state index in [1.807, 2.05) is 72.8 Å². The van der Waals surface area contributed by atoms with Gasteiger partial charge in [0.25, 0.3) is 0 Å². The number of rotatable bonds is 6. The molecule has 0 heterocycles. The molecule has 3 aromatic rings. The van der Waals surface area contributed by atoms with Crippen molar-refractivity contribution in [2.75, 3.05) is 0 Å². The van der Waals surface area contributed by atoms with E-state index in [1.165, 1.54) is 6.42 Å². The van der Waals surface area contributed by atoms with Crippen molar-refractivity contribution in [3.63, 3.8) is 0 Å². The second-order valence-electron chi connectivity index (χ2n) is 8.87. The third kappa shape index (κ3) is 4.48. The average molecular weight is 423 g/mol. The minimum absolute atomic E-state index is 0.0743. The Kier molecular flexibility index (Phi) is 6.32. The summed E-state index contributed by atoms with van der Waals surface area (Å²) < 4.78 is 27.1. The summed E-state index contributed by atoms with van der Waals surface area (Å²) >= 11 is 0. The van der Waals surface area contributed by atoms with Gasteiger partial charge in [0.2, 0.25) is 0 Å². The summed E-state index contributed by atoms with van der Waals surface area (Å²) in [5.74, 6) is 2.02. The van der Waals surface area contributed by atoms with Crippen LogP contribution in [0.5, 0.6) is 5.75 Å². The molecule has 0 spiro atoms. The van der Waals surface area contributed by atoms with Crippen molar-refractivity contribution in [3.05, 3.63) is 72.8 Å². The van der Waals surface area contributed by atoms with Crippen LogP contribution in [0.2, 0.25) is 0 Å². The summed E-state index contributed by atoms with van der Waals surface area (Å²) in [6.45, 7) is 6.72. The summed E-state index contributed by atoms with van der Waals surface area (Å²) in [5.41, 5.74) is 0. The van der Waals surface area contributed by atoms with E-state index in [1.54, 1.807) is 0 Å². The Balaban J connectivity index is 1.73. The highest BCUT2D eigenvalue weighted by atomic mass is 31.2. The van der Waals surface area contributed by atoms with Gasteiger partial charge in [0.05, 0.1) is 11.4 Å². The first-order valence-electron chi connectivity index (χ1n) is 11.0. The Bertz CT molecular complexity index is 1030. The van der Waals surface area contributed by atoms with Crippen LogP contribution in [0.3, 0.4) is 0 Å². The number of hydrogen-bond donors (Lipinski definition) is 0. The van der Waals surface area contributed by atoms with Crippen LogP contribution in [0.4, 0.5) is 0 Å². The molecule has 1 fully saturated rings. The lowest BCUT2D eigenvalue weighted by Gasteiger charge is -2.38. The highest BCUT2D eigenvalue weighted by Gasteiger charge is 2.39. The standard InChI is InChI=1S/C26H31O3P/c1-19(2)23-17-16-20(3)18-26(23)29-30(27,22-12-5-4-6-13-22)28-25-15-9-11-21-10-7-8-14-24(21)25/h4-15,19-20,23,26H,16-18H2,1-3H3/t20-,23+,26-,30?/m1/s1. The van der Waals surface area contributed by atoms with E-state index < -0.39 is 7.60 Å². The molecule has 0 amide bonds. The highest BCUT2D eigenvalue weighted by Crippen LogP contribution is 2.53. The maximum absolute atomic E-state index is 14.3. The predicted octanol–water partition coefficient (Wildman–Crippen LogP) is 7.21. The van der Waals surface area contributed by atoms with E-state index in [-0.39, 0.29) is 6.10 Å². The molecule has 0 radical (unpaired) electrons. The van der Waals surface area contributed by atoms with Gasteiger partial charge < -0.3 is 4.52 Å². The van der Waals surface area contributed by atoms with Crippen molar-refractivity contribution in [1.29, 1.82) is 0 Å². The zero-order valence-electron chi connectivity index (χ0n) is 18.0. The first-order chi connectivity index (χ1) is 14.5. The van der Waals surface area contributed by atoms with Gasteiger partial charge in [0, 0.05) is 5.39 Å². The molecule has 30 heavy (non-hydrogen) atoms. The number of benzene rings is 3. The quantitative estimate of drug-likeness (QED) is 0.394. The van der Waals surface area contributed by atoms with E-state index in [0.29, 0.717) is 28.8 Å². The first-order valence-corrected chi connectivity index (χ1v) is 12.5. The molecule has 3 aromatic carbocycles. The van der Waals surface area contributed by atoms with Crippen LogP contribution in [0.1, 0.15) is 40.0 Å². The molecule has 1 aliphatic rings. The fraction of sp³-hybridized carbons (Fsp3) is 0.385. The van der Waals surface area contributed by atoms with Gasteiger partial charge in [-0.2, -0.15) is 0 Å². The Morgan fingerprint density at radius 1 is 0.900 bits per heavy atom. The van der Waals surface area contributed by atoms with E-state index >= 15 is 0 Å². The topological polar surface area (TPSA) is 35.5 Å². The second kappa shape index (κ2) is 8.96. The van der Waals surface area contributed by atoms with Gasteiger partial charge in [-0.15, -0.1) is 0 Å². The third-order valence-electron chi connectivity index (χ3n) is 6.28. The lowest BCUT2D eigenvalue weighted by molar-refractivity contribution is 0.0415. The van der Waals surface area contributed by atoms with Crippen molar-refractivity contribution in [2.24, 2.45) is 17.8 Å². The highest BCUT2D eigenvalue weighted by molar-refractivity contribution is 7.62. The van der Waals surface area contributed by atoms with Gasteiger partial charge in [0.15, 0.2) is 0 Å². The average Bonchev–Trinajstić information content (AvgIpc) is 2.74. The molecule has 0 bridgehead atoms. The lowest BCUT2D eigenvalue weighted by atomic mass is 9.75. The second-order valence-corrected chi connectivity index (χ2v) is 10.8. The van der Waals surface area contributed by atoms with Crippen LogP contribution in [-0.2, 0) is 9.09 Å². The normalized spacial score (nSPS) is 23.9. The summed E-state index contributed by atoms with van der Waals surface area (Å²) in [4.78, 5) is 0. The molecule has 0 saturated heterocycles. The van der Waals surface area contributed by atoms with E-state index in [2.05, 4.69) is 20.8 Å². The SMILES string of the molecule is CC(C)[C@@H]1CC[C@@H](C)C[C@H]1OP(=O)(Oc1cccc2ccccc12)c1ccccc1. The molecule has 4 rings (SSSR count). The zero-order valence-corrected chi connectivity index (χ0v) is 18.9. The fourth-order valence-corrected chi connectivity index (χ4v) is 6.39. The van der Waals surface area contributed by atoms with E-state index in [0.717, 1.165) is 23.6 Å². The molecular formula is C26H31O3P. The Morgan fingerprint density at radius 2 is 1.60 bits per heavy atom. The van der Waals surface area contributed by atoms with Crippen molar-refractivity contribution < 1.29 is 13.6 Å². The minimum atomic E-state index is -3.57. The van der Waals surface area contributed by atoms with Gasteiger partial charge in [-0.1, -0.05) is 81.8 Å². The van der Waals surface area contributed by atoms with Crippen LogP contribution in [0.25, 0.3) is 10.8 Å². The van der Waals surface area contributed by atoms with Crippen LogP contribution < -0.4 is 9.83 Å². The molecule has 0 N–H and O–H groups in total. The fourth-order valence-electron chi connectivity index (χ4n) is 4.56. The van der Waals surface area contributed by atoms with E-state index in [4.69, 9.17) is 9.05 Å². The lowest BCUT2D eigenvalue weighted by Crippen LogP contribution is -2.35. The zero-order chi connectivity index (χ0) is 21.1. The molecule has 0 aromatic heterocycles. The molecule has 1 saturated carbocycles. The summed E-state index contributed by atoms with van der Waals surface area (Å²) in [7, 11) is -3.57. The molecule has 0 aliphatic heterocycles. The largest absolute Gasteiger partial charge is 0.421 e. The third-order valence-corrected chi connectivity index (χ3v) is 8.19. The van der Waals surface area contributed by atoms with Gasteiger partial charge in [-0.3, -0.25) is 4.52 Å². The van der Waals surface area contributed by atoms with Gasteiger partial charge in [0.1, 0.15) is 5.75 Å². The molecule has 3 nitrogen and oxygen atoms in total. The Labute approximate surface area is 180 Å². The number of hydrogen-bond acceptors (Lipinski definition) is 3. The molecule has 1 aliphatic carbocycles. The minimum Gasteiger partial charge on any atom is -0.421 e. The summed E-state index contributed by atoms with van der Waals surface area (Å²) in [6, 6.07) is 23.3. The van der Waals surface area contributed by atoms with Crippen LogP contribution in [-0.4, -0.2) is 6.10 Å². The first kappa shape index (κ1) is 21.2. The molecular weight excluding hydrogens is 391 g/mol. The van der Waals surface area contributed by atoms with Crippen molar-refractivity contribution in [1.82, 2.24) is 0 Å². The maximum atomic E-state index is 14.3. The predicted molar refractivity (Wildman–Crippen MR) is 124 cm³/mol. The van der Waals surface area contributed by atoms with Gasteiger partial charge in [-0.25, -0.2) is 4.57 Å². The van der Waals surface area contributed by atoms with Gasteiger partial charge >= 0.3 is 7.60 Å². The van der Waals surface area contributed by atoms with Crippen LogP contribution >= 0.6 is 7.60 Å². The Hall–Kier alpha value is -2.09. The number of fused-ring (bicyclic) bond motifs is 1. The maximum Gasteiger partial charge on any atom is 0.411 e. The molecule has 4 atom stereocenters. The summed E-state index contributed by atoms with van der Waals surface area (Å²) in [6.07, 6.45) is 3.14. The van der Waals surface area contributed by atoms with Crippen molar-refractivity contribution in [3.8, 4) is 5.75 Å². The van der Waals surface area contributed by atoms with Crippen LogP contribution in [0, 0.1) is 17.8 Å². The van der Waals surface area contributed by atoms with Crippen molar-refractivity contribution >= 4 is 23.7 Å². The Morgan fingerprint density at radius 3 is 2.37 bits per heavy atom. The molecule has 158 valence electrons. The van der Waals surface area contributed by atoms with Crippen molar-refractivity contribution in [2.45, 2.75) is 46.1 Å². The van der Waals surface area contributed by atoms with E-state index in [9.17, 15) is 4.57 Å². The monoisotopic (exact) mass is 422 g/mol. The molecule has 1 unspecified atom stereocenters. The van der Waals surface area contributed by atoms with Crippen LogP contribution in [0.15, 0.2) is 72.8 Å². The summed E-state index contributed by atoms with van der Waals surface area (Å²) in [5, 5.41) is 2.61. The molecule has 4 heteroatoms. The smallest absolute Gasteiger partial charge is 0.411 e. The van der Waals surface area contributed by atoms with Gasteiger partial charge in [-0.05, 0) is 54.2 Å².